The van der Waals surface area contributed by atoms with Crippen molar-refractivity contribution in [3.63, 3.8) is 0 Å². The van der Waals surface area contributed by atoms with E-state index in [2.05, 4.69) is 64.0 Å². The molecule has 1 atom stereocenters. The number of aromatic nitrogens is 2. The van der Waals surface area contributed by atoms with Gasteiger partial charge in [0.25, 0.3) is 0 Å². The molecule has 1 saturated heterocycles. The van der Waals surface area contributed by atoms with Crippen molar-refractivity contribution in [3.8, 4) is 11.4 Å². The molecule has 2 aromatic carbocycles. The maximum atomic E-state index is 5.53. The fourth-order valence-corrected chi connectivity index (χ4v) is 3.85. The van der Waals surface area contributed by atoms with Crippen LogP contribution in [0.25, 0.3) is 5.69 Å². The summed E-state index contributed by atoms with van der Waals surface area (Å²) < 4.78 is 7.38. The molecule has 0 amide bonds. The number of rotatable bonds is 7. The van der Waals surface area contributed by atoms with Crippen LogP contribution in [0.1, 0.15) is 18.9 Å². The molecular weight excluding hydrogens is 515 g/mol. The number of hydrogen-bond acceptors (Lipinski definition) is 4. The van der Waals surface area contributed by atoms with Crippen LogP contribution in [0.4, 0.5) is 5.69 Å². The van der Waals surface area contributed by atoms with Crippen LogP contribution in [0, 0.1) is 0 Å². The molecule has 2 N–H and O–H groups in total. The second-order valence-electron chi connectivity index (χ2n) is 7.56. The van der Waals surface area contributed by atoms with Crippen LogP contribution in [-0.4, -0.2) is 48.5 Å². The fraction of sp³-hybridized carbons (Fsp3) is 0.333. The molecular formula is C24H31IN6O. The van der Waals surface area contributed by atoms with Gasteiger partial charge in [-0.3, -0.25) is 0 Å². The van der Waals surface area contributed by atoms with Gasteiger partial charge in [-0.15, -0.1) is 24.0 Å². The summed E-state index contributed by atoms with van der Waals surface area (Å²) in [5.41, 5.74) is 3.36. The number of nitrogens with zero attached hydrogens (tertiary/aromatic N) is 4. The predicted octanol–water partition coefficient (Wildman–Crippen LogP) is 3.83. The number of anilines is 1. The largest absolute Gasteiger partial charge is 0.495 e. The Morgan fingerprint density at radius 1 is 1.16 bits per heavy atom. The van der Waals surface area contributed by atoms with Crippen LogP contribution in [0.2, 0.25) is 0 Å². The van der Waals surface area contributed by atoms with E-state index in [1.54, 1.807) is 13.3 Å². The van der Waals surface area contributed by atoms with Gasteiger partial charge in [-0.25, -0.2) is 9.67 Å². The molecule has 1 fully saturated rings. The number of guanidine groups is 1. The van der Waals surface area contributed by atoms with Crippen molar-refractivity contribution in [3.05, 3.63) is 72.6 Å². The maximum absolute atomic E-state index is 5.53. The topological polar surface area (TPSA) is 66.7 Å². The summed E-state index contributed by atoms with van der Waals surface area (Å²) in [6, 6.07) is 18.8. The average molecular weight is 546 g/mol. The van der Waals surface area contributed by atoms with Gasteiger partial charge in [0.2, 0.25) is 0 Å². The summed E-state index contributed by atoms with van der Waals surface area (Å²) in [6.45, 7) is 5.45. The van der Waals surface area contributed by atoms with Crippen molar-refractivity contribution in [2.45, 2.75) is 25.9 Å². The number of benzene rings is 2. The Hall–Kier alpha value is -2.75. The number of methoxy groups -OCH3 is 1. The molecule has 1 aliphatic rings. The van der Waals surface area contributed by atoms with E-state index < -0.39 is 0 Å². The lowest BCUT2D eigenvalue weighted by molar-refractivity contribution is 0.415. The van der Waals surface area contributed by atoms with E-state index >= 15 is 0 Å². The smallest absolute Gasteiger partial charge is 0.191 e. The van der Waals surface area contributed by atoms with Gasteiger partial charge in [0.15, 0.2) is 5.96 Å². The first kappa shape index (κ1) is 23.9. The number of para-hydroxylation sites is 2. The molecule has 8 heteroatoms. The van der Waals surface area contributed by atoms with Crippen LogP contribution >= 0.6 is 24.0 Å². The van der Waals surface area contributed by atoms with Gasteiger partial charge in [-0.05, 0) is 49.2 Å². The number of ether oxygens (including phenoxy) is 1. The average Bonchev–Trinajstić information content (AvgIpc) is 3.50. The first-order valence-electron chi connectivity index (χ1n) is 10.8. The molecule has 1 aromatic heterocycles. The molecule has 32 heavy (non-hydrogen) atoms. The predicted molar refractivity (Wildman–Crippen MR) is 141 cm³/mol. The van der Waals surface area contributed by atoms with E-state index in [4.69, 9.17) is 9.73 Å². The Bertz CT molecular complexity index is 990. The van der Waals surface area contributed by atoms with Gasteiger partial charge in [0.05, 0.1) is 25.0 Å². The molecule has 0 bridgehead atoms. The third kappa shape index (κ3) is 5.93. The van der Waals surface area contributed by atoms with E-state index in [1.165, 1.54) is 0 Å². The molecule has 170 valence electrons. The molecule has 3 aromatic rings. The third-order valence-corrected chi connectivity index (χ3v) is 5.42. The van der Waals surface area contributed by atoms with E-state index in [-0.39, 0.29) is 24.0 Å². The number of aliphatic imine (C=N–C) groups is 1. The van der Waals surface area contributed by atoms with Gasteiger partial charge >= 0.3 is 0 Å². The van der Waals surface area contributed by atoms with Crippen molar-refractivity contribution < 1.29 is 4.74 Å². The normalized spacial score (nSPS) is 15.9. The van der Waals surface area contributed by atoms with E-state index in [0.29, 0.717) is 12.6 Å². The molecule has 1 aliphatic heterocycles. The zero-order valence-electron chi connectivity index (χ0n) is 18.6. The quantitative estimate of drug-likeness (QED) is 0.268. The summed E-state index contributed by atoms with van der Waals surface area (Å²) in [4.78, 5) is 7.17. The van der Waals surface area contributed by atoms with Crippen molar-refractivity contribution >= 4 is 35.6 Å². The maximum Gasteiger partial charge on any atom is 0.191 e. The summed E-state index contributed by atoms with van der Waals surface area (Å²) >= 11 is 0. The van der Waals surface area contributed by atoms with Crippen LogP contribution < -0.4 is 20.3 Å². The lowest BCUT2D eigenvalue weighted by Gasteiger charge is -2.22. The highest BCUT2D eigenvalue weighted by molar-refractivity contribution is 14.0. The molecule has 7 nitrogen and oxygen atoms in total. The molecule has 2 heterocycles. The van der Waals surface area contributed by atoms with Gasteiger partial charge in [0, 0.05) is 38.1 Å². The van der Waals surface area contributed by atoms with Crippen LogP contribution in [0.3, 0.4) is 0 Å². The summed E-state index contributed by atoms with van der Waals surface area (Å²) in [5.74, 6) is 1.77. The number of hydrogen-bond donors (Lipinski definition) is 2. The Labute approximate surface area is 206 Å². The van der Waals surface area contributed by atoms with Crippen molar-refractivity contribution in [1.29, 1.82) is 0 Å². The van der Waals surface area contributed by atoms with Gasteiger partial charge in [0.1, 0.15) is 5.75 Å². The highest BCUT2D eigenvalue weighted by Gasteiger charge is 2.25. The zero-order chi connectivity index (χ0) is 21.5. The van der Waals surface area contributed by atoms with Crippen molar-refractivity contribution in [2.75, 3.05) is 31.6 Å². The Balaban J connectivity index is 0.00000289. The Morgan fingerprint density at radius 3 is 2.69 bits per heavy atom. The summed E-state index contributed by atoms with van der Waals surface area (Å²) in [6.07, 6.45) is 4.78. The van der Waals surface area contributed by atoms with Gasteiger partial charge < -0.3 is 20.3 Å². The molecule has 4 rings (SSSR count). The minimum absolute atomic E-state index is 0. The number of nitrogens with one attached hydrogen (secondary N) is 2. The highest BCUT2D eigenvalue weighted by atomic mass is 127. The lowest BCUT2D eigenvalue weighted by atomic mass is 10.2. The Kier molecular flexibility index (Phi) is 8.78. The molecule has 1 unspecified atom stereocenters. The zero-order valence-corrected chi connectivity index (χ0v) is 20.9. The van der Waals surface area contributed by atoms with Crippen LogP contribution in [-0.2, 0) is 6.54 Å². The first-order valence-corrected chi connectivity index (χ1v) is 10.8. The molecule has 0 radical (unpaired) electrons. The molecule has 0 aliphatic carbocycles. The van der Waals surface area contributed by atoms with Gasteiger partial charge in [-0.2, -0.15) is 5.10 Å². The molecule has 0 spiro atoms. The monoisotopic (exact) mass is 546 g/mol. The minimum atomic E-state index is 0. The van der Waals surface area contributed by atoms with E-state index in [0.717, 1.165) is 54.7 Å². The van der Waals surface area contributed by atoms with E-state index in [9.17, 15) is 0 Å². The van der Waals surface area contributed by atoms with Crippen molar-refractivity contribution in [1.82, 2.24) is 20.4 Å². The second kappa shape index (κ2) is 11.8. The third-order valence-electron chi connectivity index (χ3n) is 5.42. The standard InChI is InChI=1S/C24H30N6O.HI/c1-3-25-24(26-17-19-9-11-21(12-10-19)30-15-6-14-27-30)28-20-13-16-29(18-20)22-7-4-5-8-23(22)31-2;/h4-12,14-15,20H,3,13,16-18H2,1-2H3,(H2,25,26,28);1H. The van der Waals surface area contributed by atoms with E-state index in [1.807, 2.05) is 29.1 Å². The second-order valence-corrected chi connectivity index (χ2v) is 7.56. The Morgan fingerprint density at radius 2 is 1.97 bits per heavy atom. The van der Waals surface area contributed by atoms with Crippen molar-refractivity contribution in [2.24, 2.45) is 4.99 Å². The number of halogens is 1. The highest BCUT2D eigenvalue weighted by Crippen LogP contribution is 2.30. The van der Waals surface area contributed by atoms with Crippen LogP contribution in [0.5, 0.6) is 5.75 Å². The lowest BCUT2D eigenvalue weighted by Crippen LogP contribution is -2.44. The summed E-state index contributed by atoms with van der Waals surface area (Å²) in [7, 11) is 1.72. The summed E-state index contributed by atoms with van der Waals surface area (Å²) in [5, 5.41) is 11.2. The SMILES string of the molecule is CCNC(=NCc1ccc(-n2cccn2)cc1)NC1CCN(c2ccccc2OC)C1.I. The van der Waals surface area contributed by atoms with Gasteiger partial charge in [-0.1, -0.05) is 24.3 Å². The molecule has 0 saturated carbocycles. The minimum Gasteiger partial charge on any atom is -0.495 e. The van der Waals surface area contributed by atoms with Crippen LogP contribution in [0.15, 0.2) is 72.0 Å². The first-order chi connectivity index (χ1) is 15.3. The fourth-order valence-electron chi connectivity index (χ4n) is 3.85.